The van der Waals surface area contributed by atoms with E-state index in [1.165, 1.54) is 20.0 Å². The van der Waals surface area contributed by atoms with Crippen LogP contribution in [0.25, 0.3) is 0 Å². The highest BCUT2D eigenvalue weighted by Gasteiger charge is 2.20. The van der Waals surface area contributed by atoms with Crippen LogP contribution in [0.1, 0.15) is 28.8 Å². The van der Waals surface area contributed by atoms with Crippen LogP contribution in [0.5, 0.6) is 0 Å². The fourth-order valence-electron chi connectivity index (χ4n) is 2.47. The standard InChI is InChI=1S/C15H21NO3/c1-18-10-7-12-5-6-14(16-8-3-4-9-16)13(11-12)15(17)19-2/h5-6,11H,3-4,7-10H2,1-2H3. The molecule has 4 nitrogen and oxygen atoms in total. The largest absolute Gasteiger partial charge is 0.465 e. The molecule has 2 rings (SSSR count). The van der Waals surface area contributed by atoms with Gasteiger partial charge in [-0.05, 0) is 37.0 Å². The highest BCUT2D eigenvalue weighted by atomic mass is 16.5. The van der Waals surface area contributed by atoms with E-state index < -0.39 is 0 Å². The Morgan fingerprint density at radius 2 is 2.00 bits per heavy atom. The van der Waals surface area contributed by atoms with E-state index in [2.05, 4.69) is 11.0 Å². The molecule has 0 unspecified atom stereocenters. The lowest BCUT2D eigenvalue weighted by atomic mass is 10.1. The number of anilines is 1. The molecule has 1 aromatic carbocycles. The van der Waals surface area contributed by atoms with Crippen LogP contribution in [-0.4, -0.2) is 39.9 Å². The number of carbonyl (C=O) groups is 1. The molecule has 1 aliphatic rings. The van der Waals surface area contributed by atoms with Gasteiger partial charge in [0.05, 0.1) is 25.0 Å². The zero-order chi connectivity index (χ0) is 13.7. The summed E-state index contributed by atoms with van der Waals surface area (Å²) in [6.07, 6.45) is 3.18. The van der Waals surface area contributed by atoms with E-state index in [0.29, 0.717) is 12.2 Å². The van der Waals surface area contributed by atoms with Crippen LogP contribution in [0.3, 0.4) is 0 Å². The summed E-state index contributed by atoms with van der Waals surface area (Å²) in [6, 6.07) is 6.03. The van der Waals surface area contributed by atoms with Crippen molar-refractivity contribution in [2.75, 3.05) is 38.8 Å². The van der Waals surface area contributed by atoms with Gasteiger partial charge in [0.15, 0.2) is 0 Å². The molecule has 0 amide bonds. The molecular weight excluding hydrogens is 242 g/mol. The van der Waals surface area contributed by atoms with E-state index in [4.69, 9.17) is 9.47 Å². The summed E-state index contributed by atoms with van der Waals surface area (Å²) in [5, 5.41) is 0. The lowest BCUT2D eigenvalue weighted by molar-refractivity contribution is 0.0601. The van der Waals surface area contributed by atoms with Crippen molar-refractivity contribution in [2.24, 2.45) is 0 Å². The second-order valence-corrected chi connectivity index (χ2v) is 4.78. The highest BCUT2D eigenvalue weighted by molar-refractivity contribution is 5.96. The average Bonchev–Trinajstić information content (AvgIpc) is 2.98. The van der Waals surface area contributed by atoms with E-state index in [1.807, 2.05) is 12.1 Å². The molecule has 0 radical (unpaired) electrons. The van der Waals surface area contributed by atoms with E-state index in [1.54, 1.807) is 7.11 Å². The van der Waals surface area contributed by atoms with E-state index >= 15 is 0 Å². The quantitative estimate of drug-likeness (QED) is 0.764. The van der Waals surface area contributed by atoms with Crippen molar-refractivity contribution in [3.05, 3.63) is 29.3 Å². The van der Waals surface area contributed by atoms with Crippen molar-refractivity contribution in [1.29, 1.82) is 0 Å². The Kier molecular flexibility index (Phi) is 4.80. The molecule has 0 aliphatic carbocycles. The third-order valence-electron chi connectivity index (χ3n) is 3.51. The Hall–Kier alpha value is -1.55. The summed E-state index contributed by atoms with van der Waals surface area (Å²) in [5.74, 6) is -0.263. The van der Waals surface area contributed by atoms with Gasteiger partial charge in [0.25, 0.3) is 0 Å². The Bertz CT molecular complexity index is 439. The number of hydrogen-bond donors (Lipinski definition) is 0. The van der Waals surface area contributed by atoms with E-state index in [-0.39, 0.29) is 5.97 Å². The number of carbonyl (C=O) groups excluding carboxylic acids is 1. The summed E-state index contributed by atoms with van der Waals surface area (Å²) in [7, 11) is 3.11. The number of esters is 1. The fraction of sp³-hybridized carbons (Fsp3) is 0.533. The molecule has 1 aliphatic heterocycles. The minimum absolute atomic E-state index is 0.263. The van der Waals surface area contributed by atoms with Crippen molar-refractivity contribution in [3.63, 3.8) is 0 Å². The van der Waals surface area contributed by atoms with Gasteiger partial charge in [-0.2, -0.15) is 0 Å². The van der Waals surface area contributed by atoms with Crippen LogP contribution >= 0.6 is 0 Å². The molecule has 0 N–H and O–H groups in total. The molecule has 0 spiro atoms. The number of benzene rings is 1. The first-order valence-electron chi connectivity index (χ1n) is 6.71. The predicted octanol–water partition coefficient (Wildman–Crippen LogP) is 2.26. The second kappa shape index (κ2) is 6.57. The average molecular weight is 263 g/mol. The fourth-order valence-corrected chi connectivity index (χ4v) is 2.47. The normalized spacial score (nSPS) is 14.7. The van der Waals surface area contributed by atoms with Gasteiger partial charge in [0.2, 0.25) is 0 Å². The lowest BCUT2D eigenvalue weighted by Gasteiger charge is -2.21. The first-order chi connectivity index (χ1) is 9.26. The Balaban J connectivity index is 2.28. The minimum atomic E-state index is -0.263. The summed E-state index contributed by atoms with van der Waals surface area (Å²) in [5.41, 5.74) is 2.76. The van der Waals surface area contributed by atoms with Crippen LogP contribution < -0.4 is 4.90 Å². The van der Waals surface area contributed by atoms with Crippen LogP contribution in [0.2, 0.25) is 0 Å². The van der Waals surface area contributed by atoms with Crippen molar-refractivity contribution in [3.8, 4) is 0 Å². The molecular formula is C15H21NO3. The van der Waals surface area contributed by atoms with Crippen molar-refractivity contribution < 1.29 is 14.3 Å². The second-order valence-electron chi connectivity index (χ2n) is 4.78. The monoisotopic (exact) mass is 263 g/mol. The number of methoxy groups -OCH3 is 2. The van der Waals surface area contributed by atoms with Crippen LogP contribution in [0.15, 0.2) is 18.2 Å². The highest BCUT2D eigenvalue weighted by Crippen LogP contribution is 2.26. The molecule has 0 bridgehead atoms. The number of ether oxygens (including phenoxy) is 2. The Morgan fingerprint density at radius 3 is 2.63 bits per heavy atom. The topological polar surface area (TPSA) is 38.8 Å². The van der Waals surface area contributed by atoms with Gasteiger partial charge in [0, 0.05) is 20.2 Å². The predicted molar refractivity (Wildman–Crippen MR) is 74.8 cm³/mol. The summed E-state index contributed by atoms with van der Waals surface area (Å²) in [4.78, 5) is 14.2. The molecule has 104 valence electrons. The molecule has 1 aromatic rings. The minimum Gasteiger partial charge on any atom is -0.465 e. The van der Waals surface area contributed by atoms with Gasteiger partial charge >= 0.3 is 5.97 Å². The summed E-state index contributed by atoms with van der Waals surface area (Å²) < 4.78 is 9.97. The summed E-state index contributed by atoms with van der Waals surface area (Å²) in [6.45, 7) is 2.69. The number of rotatable bonds is 5. The number of hydrogen-bond acceptors (Lipinski definition) is 4. The van der Waals surface area contributed by atoms with Gasteiger partial charge in [-0.3, -0.25) is 0 Å². The van der Waals surface area contributed by atoms with Crippen LogP contribution in [0, 0.1) is 0 Å². The first-order valence-corrected chi connectivity index (χ1v) is 6.71. The smallest absolute Gasteiger partial charge is 0.339 e. The van der Waals surface area contributed by atoms with Crippen molar-refractivity contribution in [2.45, 2.75) is 19.3 Å². The van der Waals surface area contributed by atoms with Crippen molar-refractivity contribution in [1.82, 2.24) is 0 Å². The molecule has 19 heavy (non-hydrogen) atoms. The Labute approximate surface area is 114 Å². The maximum atomic E-state index is 11.9. The molecule has 0 atom stereocenters. The number of nitrogens with zero attached hydrogens (tertiary/aromatic N) is 1. The van der Waals surface area contributed by atoms with Crippen molar-refractivity contribution >= 4 is 11.7 Å². The molecule has 1 saturated heterocycles. The van der Waals surface area contributed by atoms with Gasteiger partial charge in [0.1, 0.15) is 0 Å². The summed E-state index contributed by atoms with van der Waals surface area (Å²) >= 11 is 0. The lowest BCUT2D eigenvalue weighted by Crippen LogP contribution is -2.21. The van der Waals surface area contributed by atoms with Gasteiger partial charge in [-0.15, -0.1) is 0 Å². The molecule has 0 aromatic heterocycles. The maximum Gasteiger partial charge on any atom is 0.339 e. The van der Waals surface area contributed by atoms with Crippen LogP contribution in [-0.2, 0) is 15.9 Å². The van der Waals surface area contributed by atoms with Gasteiger partial charge < -0.3 is 14.4 Å². The first kappa shape index (κ1) is 13.9. The van der Waals surface area contributed by atoms with Gasteiger partial charge in [-0.25, -0.2) is 4.79 Å². The Morgan fingerprint density at radius 1 is 1.26 bits per heavy atom. The maximum absolute atomic E-state index is 11.9. The SMILES string of the molecule is COCCc1ccc(N2CCCC2)c(C(=O)OC)c1. The molecule has 4 heteroatoms. The third kappa shape index (κ3) is 3.26. The van der Waals surface area contributed by atoms with E-state index in [9.17, 15) is 4.79 Å². The van der Waals surface area contributed by atoms with E-state index in [0.717, 1.165) is 30.8 Å². The molecule has 1 fully saturated rings. The molecule has 1 heterocycles. The molecule has 0 saturated carbocycles. The third-order valence-corrected chi connectivity index (χ3v) is 3.51. The van der Waals surface area contributed by atoms with Crippen LogP contribution in [0.4, 0.5) is 5.69 Å². The zero-order valence-electron chi connectivity index (χ0n) is 11.6. The van der Waals surface area contributed by atoms with Gasteiger partial charge in [-0.1, -0.05) is 6.07 Å². The zero-order valence-corrected chi connectivity index (χ0v) is 11.6.